The number of nitrogens with zero attached hydrogens (tertiary/aromatic N) is 2. The molecular formula is C13H14BrN3O2. The highest BCUT2D eigenvalue weighted by Gasteiger charge is 1.97. The van der Waals surface area contributed by atoms with Gasteiger partial charge in [0.2, 0.25) is 5.91 Å². The highest BCUT2D eigenvalue weighted by atomic mass is 79.9. The summed E-state index contributed by atoms with van der Waals surface area (Å²) in [6, 6.07) is 3.57. The maximum absolute atomic E-state index is 11.5. The van der Waals surface area contributed by atoms with Crippen molar-refractivity contribution in [2.75, 3.05) is 6.54 Å². The third-order valence-electron chi connectivity index (χ3n) is 2.41. The van der Waals surface area contributed by atoms with Crippen molar-refractivity contribution in [3.05, 3.63) is 47.1 Å². The Kier molecular flexibility index (Phi) is 4.97. The molecule has 2 aromatic heterocycles. The van der Waals surface area contributed by atoms with Crippen molar-refractivity contribution >= 4 is 27.9 Å². The zero-order valence-corrected chi connectivity index (χ0v) is 11.8. The first-order valence-corrected chi connectivity index (χ1v) is 6.71. The van der Waals surface area contributed by atoms with Gasteiger partial charge in [-0.15, -0.1) is 0 Å². The van der Waals surface area contributed by atoms with Gasteiger partial charge in [-0.05, 0) is 40.6 Å². The third kappa shape index (κ3) is 4.75. The van der Waals surface area contributed by atoms with Gasteiger partial charge in [0.05, 0.1) is 16.9 Å². The molecule has 1 N–H and O–H groups in total. The Morgan fingerprint density at radius 3 is 3.16 bits per heavy atom. The van der Waals surface area contributed by atoms with Gasteiger partial charge in [0.1, 0.15) is 5.76 Å². The summed E-state index contributed by atoms with van der Waals surface area (Å²) in [4.78, 5) is 11.5. The Morgan fingerprint density at radius 2 is 2.47 bits per heavy atom. The average molecular weight is 324 g/mol. The van der Waals surface area contributed by atoms with Gasteiger partial charge >= 0.3 is 0 Å². The highest BCUT2D eigenvalue weighted by molar-refractivity contribution is 9.10. The number of hydrogen-bond acceptors (Lipinski definition) is 3. The van der Waals surface area contributed by atoms with Crippen molar-refractivity contribution in [1.82, 2.24) is 15.1 Å². The molecule has 2 heterocycles. The molecule has 100 valence electrons. The number of aromatic nitrogens is 2. The largest absolute Gasteiger partial charge is 0.465 e. The van der Waals surface area contributed by atoms with E-state index in [2.05, 4.69) is 26.3 Å². The van der Waals surface area contributed by atoms with Crippen LogP contribution in [-0.2, 0) is 11.3 Å². The molecule has 6 heteroatoms. The third-order valence-corrected chi connectivity index (χ3v) is 2.82. The van der Waals surface area contributed by atoms with E-state index >= 15 is 0 Å². The van der Waals surface area contributed by atoms with Crippen LogP contribution in [0.1, 0.15) is 12.2 Å². The fraction of sp³-hybridized carbons (Fsp3) is 0.231. The lowest BCUT2D eigenvalue weighted by Gasteiger charge is -2.02. The molecule has 1 amide bonds. The van der Waals surface area contributed by atoms with Crippen LogP contribution >= 0.6 is 15.9 Å². The van der Waals surface area contributed by atoms with Crippen LogP contribution < -0.4 is 5.32 Å². The number of carbonyl (C=O) groups excluding carboxylic acids is 1. The summed E-state index contributed by atoms with van der Waals surface area (Å²) in [7, 11) is 0. The van der Waals surface area contributed by atoms with E-state index in [0.717, 1.165) is 17.4 Å². The summed E-state index contributed by atoms with van der Waals surface area (Å²) in [5.41, 5.74) is 0. The molecule has 0 spiro atoms. The maximum atomic E-state index is 11.5. The number of rotatable bonds is 6. The lowest BCUT2D eigenvalue weighted by molar-refractivity contribution is -0.116. The lowest BCUT2D eigenvalue weighted by atomic mass is 10.3. The van der Waals surface area contributed by atoms with Crippen molar-refractivity contribution in [1.29, 1.82) is 0 Å². The number of amides is 1. The second-order valence-corrected chi connectivity index (χ2v) is 4.83. The van der Waals surface area contributed by atoms with Gasteiger partial charge in [-0.3, -0.25) is 9.48 Å². The second kappa shape index (κ2) is 6.94. The van der Waals surface area contributed by atoms with Gasteiger partial charge in [-0.25, -0.2) is 0 Å². The summed E-state index contributed by atoms with van der Waals surface area (Å²) in [6.45, 7) is 1.38. The van der Waals surface area contributed by atoms with E-state index in [0.29, 0.717) is 12.3 Å². The number of carbonyl (C=O) groups is 1. The van der Waals surface area contributed by atoms with Crippen molar-refractivity contribution in [3.63, 3.8) is 0 Å². The minimum absolute atomic E-state index is 0.127. The van der Waals surface area contributed by atoms with E-state index in [9.17, 15) is 4.79 Å². The van der Waals surface area contributed by atoms with Crippen molar-refractivity contribution < 1.29 is 9.21 Å². The molecule has 0 aliphatic carbocycles. The summed E-state index contributed by atoms with van der Waals surface area (Å²) in [5, 5.41) is 6.94. The van der Waals surface area contributed by atoms with Gasteiger partial charge in [0.25, 0.3) is 0 Å². The van der Waals surface area contributed by atoms with Crippen LogP contribution in [0.3, 0.4) is 0 Å². The first-order valence-electron chi connectivity index (χ1n) is 5.91. The van der Waals surface area contributed by atoms with E-state index in [1.807, 2.05) is 10.9 Å². The van der Waals surface area contributed by atoms with Gasteiger partial charge in [-0.2, -0.15) is 5.10 Å². The van der Waals surface area contributed by atoms with Crippen LogP contribution in [0.4, 0.5) is 0 Å². The average Bonchev–Trinajstić information content (AvgIpc) is 3.04. The first kappa shape index (κ1) is 13.6. The predicted molar refractivity (Wildman–Crippen MR) is 75.3 cm³/mol. The molecule has 0 fully saturated rings. The highest BCUT2D eigenvalue weighted by Crippen LogP contribution is 2.06. The number of halogens is 1. The summed E-state index contributed by atoms with van der Waals surface area (Å²) >= 11 is 3.33. The zero-order valence-electron chi connectivity index (χ0n) is 10.3. The molecule has 0 unspecified atom stereocenters. The van der Waals surface area contributed by atoms with Crippen LogP contribution in [0, 0.1) is 0 Å². The monoisotopic (exact) mass is 323 g/mol. The fourth-order valence-electron chi connectivity index (χ4n) is 1.52. The van der Waals surface area contributed by atoms with Crippen molar-refractivity contribution in [2.45, 2.75) is 13.0 Å². The van der Waals surface area contributed by atoms with Crippen LogP contribution in [0.2, 0.25) is 0 Å². The molecule has 0 aliphatic heterocycles. The lowest BCUT2D eigenvalue weighted by Crippen LogP contribution is -2.23. The number of aryl methyl sites for hydroxylation is 1. The zero-order chi connectivity index (χ0) is 13.5. The molecular weight excluding hydrogens is 310 g/mol. The molecule has 2 rings (SSSR count). The second-order valence-electron chi connectivity index (χ2n) is 3.91. The Morgan fingerprint density at radius 1 is 1.58 bits per heavy atom. The van der Waals surface area contributed by atoms with Gasteiger partial charge in [-0.1, -0.05) is 0 Å². The fourth-order valence-corrected chi connectivity index (χ4v) is 1.84. The molecule has 0 aliphatic rings. The predicted octanol–water partition coefficient (Wildman–Crippen LogP) is 2.46. The standard InChI is InChI=1S/C13H14BrN3O2/c14-11-9-16-17(10-11)7-2-6-15-13(18)5-4-12-3-1-8-19-12/h1,3-5,8-10H,2,6-7H2,(H,15,18)/b5-4+. The van der Waals surface area contributed by atoms with E-state index in [1.165, 1.54) is 6.08 Å². The van der Waals surface area contributed by atoms with Crippen LogP contribution in [0.15, 0.2) is 45.8 Å². The number of furan rings is 1. The molecule has 2 aromatic rings. The molecule has 0 aromatic carbocycles. The molecule has 0 radical (unpaired) electrons. The van der Waals surface area contributed by atoms with Gasteiger partial charge in [0.15, 0.2) is 0 Å². The Hall–Kier alpha value is -1.82. The molecule has 0 atom stereocenters. The molecule has 5 nitrogen and oxygen atoms in total. The SMILES string of the molecule is O=C(/C=C/c1ccco1)NCCCn1cc(Br)cn1. The van der Waals surface area contributed by atoms with E-state index in [4.69, 9.17) is 4.42 Å². The van der Waals surface area contributed by atoms with E-state index in [1.54, 1.807) is 30.7 Å². The van der Waals surface area contributed by atoms with E-state index in [-0.39, 0.29) is 5.91 Å². The molecule has 19 heavy (non-hydrogen) atoms. The molecule has 0 saturated heterocycles. The quantitative estimate of drug-likeness (QED) is 0.656. The van der Waals surface area contributed by atoms with E-state index < -0.39 is 0 Å². The van der Waals surface area contributed by atoms with Crippen LogP contribution in [0.25, 0.3) is 6.08 Å². The van der Waals surface area contributed by atoms with Crippen LogP contribution in [-0.4, -0.2) is 22.2 Å². The number of nitrogens with one attached hydrogen (secondary N) is 1. The minimum atomic E-state index is -0.127. The number of hydrogen-bond donors (Lipinski definition) is 1. The summed E-state index contributed by atoms with van der Waals surface area (Å²) in [6.07, 6.45) is 9.14. The van der Waals surface area contributed by atoms with Gasteiger partial charge in [0, 0.05) is 25.4 Å². The molecule has 0 bridgehead atoms. The Balaban J connectivity index is 1.64. The van der Waals surface area contributed by atoms with Gasteiger partial charge < -0.3 is 9.73 Å². The first-order chi connectivity index (χ1) is 9.24. The van der Waals surface area contributed by atoms with Crippen molar-refractivity contribution in [3.8, 4) is 0 Å². The maximum Gasteiger partial charge on any atom is 0.244 e. The van der Waals surface area contributed by atoms with Crippen molar-refractivity contribution in [2.24, 2.45) is 0 Å². The Labute approximate surface area is 119 Å². The summed E-state index contributed by atoms with van der Waals surface area (Å²) < 4.78 is 7.87. The topological polar surface area (TPSA) is 60.1 Å². The molecule has 0 saturated carbocycles. The normalized spacial score (nSPS) is 11.0. The van der Waals surface area contributed by atoms with Crippen LogP contribution in [0.5, 0.6) is 0 Å². The Bertz CT molecular complexity index is 546. The minimum Gasteiger partial charge on any atom is -0.465 e. The smallest absolute Gasteiger partial charge is 0.244 e. The summed E-state index contributed by atoms with van der Waals surface area (Å²) in [5.74, 6) is 0.537.